The maximum Gasteiger partial charge on any atom is 0.0863 e. The minimum atomic E-state index is 0.611. The minimum absolute atomic E-state index is 0.611. The molecule has 2 unspecified atom stereocenters. The molecular formula is C15H26ClN3S. The molecule has 0 aromatic carbocycles. The number of aryl methyl sites for hydroxylation is 2. The fourth-order valence-electron chi connectivity index (χ4n) is 3.03. The smallest absolute Gasteiger partial charge is 0.0863 e. The highest BCUT2D eigenvalue weighted by Crippen LogP contribution is 2.28. The van der Waals surface area contributed by atoms with Crippen LogP contribution in [-0.2, 0) is 19.5 Å². The predicted molar refractivity (Wildman–Crippen MR) is 88.7 cm³/mol. The van der Waals surface area contributed by atoms with Crippen molar-refractivity contribution in [2.24, 2.45) is 0 Å². The lowest BCUT2D eigenvalue weighted by Gasteiger charge is -2.31. The van der Waals surface area contributed by atoms with Crippen molar-refractivity contribution in [3.8, 4) is 0 Å². The molecule has 1 fully saturated rings. The van der Waals surface area contributed by atoms with Gasteiger partial charge in [0.05, 0.1) is 16.4 Å². The van der Waals surface area contributed by atoms with Crippen LogP contribution in [0.2, 0.25) is 5.02 Å². The van der Waals surface area contributed by atoms with Crippen molar-refractivity contribution in [1.29, 1.82) is 0 Å². The summed E-state index contributed by atoms with van der Waals surface area (Å²) in [6.45, 7) is 5.95. The zero-order valence-electron chi connectivity index (χ0n) is 12.8. The van der Waals surface area contributed by atoms with Crippen LogP contribution in [0.1, 0.15) is 50.9 Å². The fraction of sp³-hybridized carbons (Fsp3) is 0.800. The van der Waals surface area contributed by atoms with Gasteiger partial charge in [-0.25, -0.2) is 0 Å². The third-order valence-corrected chi connectivity index (χ3v) is 5.84. The Morgan fingerprint density at radius 3 is 2.75 bits per heavy atom. The first-order valence-electron chi connectivity index (χ1n) is 7.71. The van der Waals surface area contributed by atoms with E-state index in [9.17, 15) is 0 Å². The summed E-state index contributed by atoms with van der Waals surface area (Å²) in [6, 6.07) is 0.611. The number of nitrogens with zero attached hydrogens (tertiary/aromatic N) is 2. The Morgan fingerprint density at radius 2 is 2.10 bits per heavy atom. The number of rotatable bonds is 6. The molecule has 1 N–H and O–H groups in total. The number of hydrogen-bond acceptors (Lipinski definition) is 3. The quantitative estimate of drug-likeness (QED) is 0.864. The number of thioether (sulfide) groups is 1. The molecule has 2 atom stereocenters. The summed E-state index contributed by atoms with van der Waals surface area (Å²) in [5, 5.41) is 9.92. The van der Waals surface area contributed by atoms with E-state index in [2.05, 4.69) is 30.5 Å². The lowest BCUT2D eigenvalue weighted by atomic mass is 9.95. The molecule has 0 saturated heterocycles. The van der Waals surface area contributed by atoms with Gasteiger partial charge >= 0.3 is 0 Å². The Labute approximate surface area is 131 Å². The van der Waals surface area contributed by atoms with Crippen LogP contribution < -0.4 is 5.32 Å². The number of hydrogen-bond donors (Lipinski definition) is 1. The topological polar surface area (TPSA) is 29.9 Å². The Balaban J connectivity index is 2.04. The Bertz CT molecular complexity index is 433. The molecule has 2 rings (SSSR count). The standard InChI is InChI=1S/C15H26ClN3S/c1-4-11-15(16)13(19(5-2)18-11)10-17-12-8-6-7-9-14(12)20-3/h12,14,17H,4-10H2,1-3H3. The van der Waals surface area contributed by atoms with Gasteiger partial charge in [-0.1, -0.05) is 31.4 Å². The van der Waals surface area contributed by atoms with E-state index < -0.39 is 0 Å². The van der Waals surface area contributed by atoms with Gasteiger partial charge in [-0.15, -0.1) is 0 Å². The zero-order chi connectivity index (χ0) is 14.5. The first-order chi connectivity index (χ1) is 9.71. The van der Waals surface area contributed by atoms with Crippen LogP contribution in [0.5, 0.6) is 0 Å². The van der Waals surface area contributed by atoms with Gasteiger partial charge in [-0.2, -0.15) is 16.9 Å². The highest BCUT2D eigenvalue weighted by molar-refractivity contribution is 7.99. The molecule has 3 nitrogen and oxygen atoms in total. The molecule has 1 aromatic rings. The van der Waals surface area contributed by atoms with Gasteiger partial charge in [0.2, 0.25) is 0 Å². The molecular weight excluding hydrogens is 290 g/mol. The second kappa shape index (κ2) is 7.71. The first kappa shape index (κ1) is 16.2. The molecule has 114 valence electrons. The van der Waals surface area contributed by atoms with E-state index in [1.807, 2.05) is 16.4 Å². The van der Waals surface area contributed by atoms with E-state index >= 15 is 0 Å². The van der Waals surface area contributed by atoms with Crippen LogP contribution in [-0.4, -0.2) is 27.3 Å². The molecule has 0 aliphatic heterocycles. The fourth-order valence-corrected chi connectivity index (χ4v) is 4.33. The lowest BCUT2D eigenvalue weighted by Crippen LogP contribution is -2.40. The van der Waals surface area contributed by atoms with Crippen LogP contribution >= 0.6 is 23.4 Å². The SMILES string of the molecule is CCc1nn(CC)c(CNC2CCCCC2SC)c1Cl. The van der Waals surface area contributed by atoms with E-state index in [1.165, 1.54) is 25.7 Å². The predicted octanol–water partition coefficient (Wildman–Crippen LogP) is 3.88. The van der Waals surface area contributed by atoms with Crippen molar-refractivity contribution in [1.82, 2.24) is 15.1 Å². The van der Waals surface area contributed by atoms with E-state index in [1.54, 1.807) is 0 Å². The second-order valence-corrected chi connectivity index (χ2v) is 6.88. The summed E-state index contributed by atoms with van der Waals surface area (Å²) in [6.07, 6.45) is 8.45. The third kappa shape index (κ3) is 3.52. The van der Waals surface area contributed by atoms with Gasteiger partial charge < -0.3 is 5.32 Å². The molecule has 1 aromatic heterocycles. The third-order valence-electron chi connectivity index (χ3n) is 4.23. The normalized spacial score (nSPS) is 23.2. The van der Waals surface area contributed by atoms with E-state index in [-0.39, 0.29) is 0 Å². The van der Waals surface area contributed by atoms with E-state index in [0.29, 0.717) is 6.04 Å². The van der Waals surface area contributed by atoms with Crippen molar-refractivity contribution < 1.29 is 0 Å². The van der Waals surface area contributed by atoms with Crippen molar-refractivity contribution in [3.63, 3.8) is 0 Å². The summed E-state index contributed by atoms with van der Waals surface area (Å²) in [7, 11) is 0. The van der Waals surface area contributed by atoms with Gasteiger partial charge in [0.25, 0.3) is 0 Å². The van der Waals surface area contributed by atoms with Crippen molar-refractivity contribution in [2.45, 2.75) is 70.3 Å². The molecule has 1 heterocycles. The van der Waals surface area contributed by atoms with Gasteiger partial charge in [0.15, 0.2) is 0 Å². The largest absolute Gasteiger partial charge is 0.307 e. The lowest BCUT2D eigenvalue weighted by molar-refractivity contribution is 0.378. The molecule has 0 radical (unpaired) electrons. The van der Waals surface area contributed by atoms with Crippen molar-refractivity contribution in [3.05, 3.63) is 16.4 Å². The number of aromatic nitrogens is 2. The first-order valence-corrected chi connectivity index (χ1v) is 9.38. The van der Waals surface area contributed by atoms with Crippen LogP contribution in [0, 0.1) is 0 Å². The number of nitrogens with one attached hydrogen (secondary N) is 1. The zero-order valence-corrected chi connectivity index (χ0v) is 14.4. The van der Waals surface area contributed by atoms with Crippen LogP contribution in [0.3, 0.4) is 0 Å². The van der Waals surface area contributed by atoms with Gasteiger partial charge in [0.1, 0.15) is 0 Å². The average molecular weight is 316 g/mol. The molecule has 1 aliphatic carbocycles. The van der Waals surface area contributed by atoms with Crippen LogP contribution in [0.4, 0.5) is 0 Å². The molecule has 5 heteroatoms. The molecule has 1 aliphatic rings. The Kier molecular flexibility index (Phi) is 6.24. The summed E-state index contributed by atoms with van der Waals surface area (Å²) in [5.41, 5.74) is 2.17. The number of halogens is 1. The highest BCUT2D eigenvalue weighted by Gasteiger charge is 2.24. The maximum atomic E-state index is 6.47. The molecule has 1 saturated carbocycles. The van der Waals surface area contributed by atoms with Crippen molar-refractivity contribution >= 4 is 23.4 Å². The second-order valence-electron chi connectivity index (χ2n) is 5.42. The minimum Gasteiger partial charge on any atom is -0.307 e. The Morgan fingerprint density at radius 1 is 1.35 bits per heavy atom. The Hall–Kier alpha value is -0.190. The van der Waals surface area contributed by atoms with Crippen LogP contribution in [0.25, 0.3) is 0 Å². The summed E-state index contributed by atoms with van der Waals surface area (Å²) < 4.78 is 2.05. The molecule has 0 spiro atoms. The van der Waals surface area contributed by atoms with Crippen LogP contribution in [0.15, 0.2) is 0 Å². The van der Waals surface area contributed by atoms with E-state index in [0.717, 1.165) is 41.2 Å². The average Bonchev–Trinajstić information content (AvgIpc) is 2.81. The highest BCUT2D eigenvalue weighted by atomic mass is 35.5. The van der Waals surface area contributed by atoms with Crippen molar-refractivity contribution in [2.75, 3.05) is 6.26 Å². The molecule has 0 amide bonds. The maximum absolute atomic E-state index is 6.47. The summed E-state index contributed by atoms with van der Waals surface area (Å²) in [5.74, 6) is 0. The van der Waals surface area contributed by atoms with Gasteiger partial charge in [0, 0.05) is 24.4 Å². The van der Waals surface area contributed by atoms with Gasteiger partial charge in [-0.3, -0.25) is 4.68 Å². The van der Waals surface area contributed by atoms with E-state index in [4.69, 9.17) is 11.6 Å². The molecule has 0 bridgehead atoms. The van der Waals surface area contributed by atoms with Gasteiger partial charge in [-0.05, 0) is 32.4 Å². The monoisotopic (exact) mass is 315 g/mol. The summed E-state index contributed by atoms with van der Waals surface area (Å²) in [4.78, 5) is 0. The molecule has 20 heavy (non-hydrogen) atoms. The summed E-state index contributed by atoms with van der Waals surface area (Å²) >= 11 is 8.46.